The lowest BCUT2D eigenvalue weighted by atomic mass is 9.95. The average molecular weight is 435 g/mol. The molecule has 0 spiro atoms. The van der Waals surface area contributed by atoms with Gasteiger partial charge in [-0.25, -0.2) is 0 Å². The molecule has 0 aliphatic carbocycles. The predicted octanol–water partition coefficient (Wildman–Crippen LogP) is 6.86. The van der Waals surface area contributed by atoms with E-state index in [4.69, 9.17) is 0 Å². The Morgan fingerprint density at radius 2 is 1.65 bits per heavy atom. The monoisotopic (exact) mass is 434 g/mol. The number of rotatable bonds is 9. The summed E-state index contributed by atoms with van der Waals surface area (Å²) in [7, 11) is 0. The van der Waals surface area contributed by atoms with Crippen LogP contribution in [-0.4, -0.2) is 22.6 Å². The van der Waals surface area contributed by atoms with E-state index in [0.29, 0.717) is 0 Å². The first-order valence-corrected chi connectivity index (χ1v) is 11.3. The van der Waals surface area contributed by atoms with Gasteiger partial charge in [-0.05, 0) is 54.7 Å². The second-order valence-electron chi connectivity index (χ2n) is 9.30. The van der Waals surface area contributed by atoms with E-state index >= 15 is 0 Å². The van der Waals surface area contributed by atoms with E-state index in [1.807, 2.05) is 12.1 Å². The van der Waals surface area contributed by atoms with Gasteiger partial charge in [0.2, 0.25) is 5.91 Å². The normalized spacial score (nSPS) is 17.8. The minimum absolute atomic E-state index is 0.0367. The van der Waals surface area contributed by atoms with Crippen LogP contribution in [-0.2, 0) is 11.2 Å². The molecule has 6 heteroatoms. The van der Waals surface area contributed by atoms with E-state index in [9.17, 15) is 18.0 Å². The van der Waals surface area contributed by atoms with Crippen molar-refractivity contribution in [1.82, 2.24) is 10.4 Å². The number of alkyl halides is 3. The minimum atomic E-state index is -4.51. The van der Waals surface area contributed by atoms with Crippen LogP contribution in [0.1, 0.15) is 82.9 Å². The lowest BCUT2D eigenvalue weighted by Gasteiger charge is -2.38. The SMILES string of the molecule is CCCCCCCCc1ccc2cc([C@H](N3NC(=O)CC3(C)C)C(F)(F)F)ccc2c1. The molecule has 1 amide bonds. The molecule has 1 aliphatic rings. The number of nitrogens with zero attached hydrogens (tertiary/aromatic N) is 1. The molecule has 3 rings (SSSR count). The number of hydrogen-bond donors (Lipinski definition) is 1. The third kappa shape index (κ3) is 5.79. The highest BCUT2D eigenvalue weighted by molar-refractivity contribution is 5.84. The Morgan fingerprint density at radius 1 is 1.00 bits per heavy atom. The molecule has 2 aromatic rings. The molecule has 1 aliphatic heterocycles. The summed E-state index contributed by atoms with van der Waals surface area (Å²) >= 11 is 0. The van der Waals surface area contributed by atoms with Gasteiger partial charge in [0.25, 0.3) is 0 Å². The Labute approximate surface area is 183 Å². The third-order valence-corrected chi connectivity index (χ3v) is 6.12. The zero-order valence-corrected chi connectivity index (χ0v) is 18.7. The summed E-state index contributed by atoms with van der Waals surface area (Å²) in [5.41, 5.74) is 2.86. The predicted molar refractivity (Wildman–Crippen MR) is 119 cm³/mol. The molecule has 31 heavy (non-hydrogen) atoms. The van der Waals surface area contributed by atoms with Crippen LogP contribution in [0.15, 0.2) is 36.4 Å². The number of amides is 1. The van der Waals surface area contributed by atoms with Crippen LogP contribution in [0.4, 0.5) is 13.2 Å². The zero-order valence-electron chi connectivity index (χ0n) is 18.7. The van der Waals surface area contributed by atoms with Crippen molar-refractivity contribution in [3.8, 4) is 0 Å². The first-order chi connectivity index (χ1) is 14.6. The number of fused-ring (bicyclic) bond motifs is 1. The highest BCUT2D eigenvalue weighted by Crippen LogP contribution is 2.43. The van der Waals surface area contributed by atoms with Gasteiger partial charge in [-0.1, -0.05) is 69.4 Å². The van der Waals surface area contributed by atoms with Crippen LogP contribution in [0.25, 0.3) is 10.8 Å². The van der Waals surface area contributed by atoms with Gasteiger partial charge >= 0.3 is 6.18 Å². The largest absolute Gasteiger partial charge is 0.409 e. The Kier molecular flexibility index (Phi) is 7.30. The molecule has 1 heterocycles. The minimum Gasteiger partial charge on any atom is -0.287 e. The summed E-state index contributed by atoms with van der Waals surface area (Å²) in [6, 6.07) is 9.02. The molecule has 170 valence electrons. The number of hydrogen-bond acceptors (Lipinski definition) is 2. The van der Waals surface area contributed by atoms with Crippen molar-refractivity contribution in [3.63, 3.8) is 0 Å². The quantitative estimate of drug-likeness (QED) is 0.437. The van der Waals surface area contributed by atoms with Crippen LogP contribution < -0.4 is 5.43 Å². The molecule has 1 atom stereocenters. The molecule has 2 aromatic carbocycles. The van der Waals surface area contributed by atoms with Crippen molar-refractivity contribution in [3.05, 3.63) is 47.5 Å². The topological polar surface area (TPSA) is 32.3 Å². The van der Waals surface area contributed by atoms with Gasteiger partial charge in [-0.15, -0.1) is 0 Å². The number of carbonyl (C=O) groups is 1. The summed E-state index contributed by atoms with van der Waals surface area (Å²) < 4.78 is 42.1. The second kappa shape index (κ2) is 9.60. The Balaban J connectivity index is 1.78. The Hall–Kier alpha value is -2.08. The molecule has 1 fully saturated rings. The van der Waals surface area contributed by atoms with Gasteiger partial charge in [0, 0.05) is 12.0 Å². The Morgan fingerprint density at radius 3 is 2.29 bits per heavy atom. The number of halogens is 3. The van der Waals surface area contributed by atoms with Crippen LogP contribution in [0, 0.1) is 0 Å². The van der Waals surface area contributed by atoms with Crippen molar-refractivity contribution < 1.29 is 18.0 Å². The van der Waals surface area contributed by atoms with E-state index < -0.39 is 17.8 Å². The number of nitrogens with one attached hydrogen (secondary N) is 1. The second-order valence-corrected chi connectivity index (χ2v) is 9.30. The number of benzene rings is 2. The smallest absolute Gasteiger partial charge is 0.287 e. The van der Waals surface area contributed by atoms with E-state index in [1.54, 1.807) is 26.0 Å². The Bertz CT molecular complexity index is 907. The van der Waals surface area contributed by atoms with Crippen molar-refractivity contribution >= 4 is 16.7 Å². The summed E-state index contributed by atoms with van der Waals surface area (Å²) in [4.78, 5) is 11.8. The molecular weight excluding hydrogens is 401 g/mol. The van der Waals surface area contributed by atoms with Crippen LogP contribution in [0.3, 0.4) is 0 Å². The first-order valence-electron chi connectivity index (χ1n) is 11.3. The fourth-order valence-electron chi connectivity index (χ4n) is 4.45. The van der Waals surface area contributed by atoms with Crippen molar-refractivity contribution in [2.24, 2.45) is 0 Å². The first kappa shape index (κ1) is 23.6. The van der Waals surface area contributed by atoms with Crippen LogP contribution >= 0.6 is 0 Å². The van der Waals surface area contributed by atoms with Gasteiger partial charge in [-0.3, -0.25) is 10.2 Å². The van der Waals surface area contributed by atoms with Gasteiger partial charge in [-0.2, -0.15) is 18.2 Å². The lowest BCUT2D eigenvalue weighted by Crippen LogP contribution is -2.51. The van der Waals surface area contributed by atoms with Gasteiger partial charge < -0.3 is 0 Å². The molecule has 3 nitrogen and oxygen atoms in total. The van der Waals surface area contributed by atoms with Gasteiger partial charge in [0.1, 0.15) is 0 Å². The molecule has 1 saturated heterocycles. The van der Waals surface area contributed by atoms with Gasteiger partial charge in [0.05, 0.1) is 0 Å². The van der Waals surface area contributed by atoms with Crippen LogP contribution in [0.5, 0.6) is 0 Å². The zero-order chi connectivity index (χ0) is 22.6. The van der Waals surface area contributed by atoms with E-state index in [1.165, 1.54) is 43.7 Å². The van der Waals surface area contributed by atoms with E-state index in [2.05, 4.69) is 18.4 Å². The summed E-state index contributed by atoms with van der Waals surface area (Å²) in [6.45, 7) is 5.51. The number of unbranched alkanes of at least 4 members (excludes halogenated alkanes) is 5. The highest BCUT2D eigenvalue weighted by Gasteiger charge is 2.52. The van der Waals surface area contributed by atoms with E-state index in [-0.39, 0.29) is 17.9 Å². The van der Waals surface area contributed by atoms with Gasteiger partial charge in [0.15, 0.2) is 6.04 Å². The molecule has 0 aromatic heterocycles. The fourth-order valence-corrected chi connectivity index (χ4v) is 4.45. The molecule has 0 saturated carbocycles. The molecule has 0 unspecified atom stereocenters. The molecule has 1 N–H and O–H groups in total. The fraction of sp³-hybridized carbons (Fsp3) is 0.560. The third-order valence-electron chi connectivity index (χ3n) is 6.12. The maximum Gasteiger partial charge on any atom is 0.409 e. The molecule has 0 bridgehead atoms. The highest BCUT2D eigenvalue weighted by atomic mass is 19.4. The number of carbonyl (C=O) groups excluding carboxylic acids is 1. The van der Waals surface area contributed by atoms with Crippen LogP contribution in [0.2, 0.25) is 0 Å². The standard InChI is InChI=1S/C25H33F3N2O/c1-4-5-6-7-8-9-10-18-11-12-20-16-21(14-13-19(20)15-18)23(25(26,27)28)30-24(2,3)17-22(31)29-30/h11-16,23H,4-10,17H2,1-3H3,(H,29,31)/t23-/m0/s1. The van der Waals surface area contributed by atoms with Crippen molar-refractivity contribution in [2.75, 3.05) is 0 Å². The summed E-state index contributed by atoms with van der Waals surface area (Å²) in [5, 5.41) is 2.78. The average Bonchev–Trinajstić information content (AvgIpc) is 2.95. The summed E-state index contributed by atoms with van der Waals surface area (Å²) in [5.74, 6) is -0.389. The maximum absolute atomic E-state index is 14.0. The van der Waals surface area contributed by atoms with Crippen molar-refractivity contribution in [1.29, 1.82) is 0 Å². The molecule has 0 radical (unpaired) electrons. The van der Waals surface area contributed by atoms with Crippen molar-refractivity contribution in [2.45, 2.75) is 89.9 Å². The number of aryl methyl sites for hydroxylation is 1. The maximum atomic E-state index is 14.0. The summed E-state index contributed by atoms with van der Waals surface area (Å²) in [6.07, 6.45) is 3.92. The lowest BCUT2D eigenvalue weighted by molar-refractivity contribution is -0.203. The number of hydrazine groups is 1. The molecular formula is C25H33F3N2O. The van der Waals surface area contributed by atoms with E-state index in [0.717, 1.165) is 28.6 Å².